The van der Waals surface area contributed by atoms with Gasteiger partial charge in [-0.3, -0.25) is 9.80 Å². The summed E-state index contributed by atoms with van der Waals surface area (Å²) in [6.45, 7) is 5.30. The van der Waals surface area contributed by atoms with Crippen LogP contribution in [0.3, 0.4) is 0 Å². The van der Waals surface area contributed by atoms with Crippen molar-refractivity contribution in [1.82, 2.24) is 14.8 Å². The molecule has 2 aromatic heterocycles. The number of benzene rings is 1. The van der Waals surface area contributed by atoms with Gasteiger partial charge in [-0.1, -0.05) is 36.4 Å². The van der Waals surface area contributed by atoms with Crippen molar-refractivity contribution in [2.75, 3.05) is 26.2 Å². The summed E-state index contributed by atoms with van der Waals surface area (Å²) in [5.41, 5.74) is 1.19. The zero-order valence-corrected chi connectivity index (χ0v) is 17.0. The fourth-order valence-corrected chi connectivity index (χ4v) is 5.34. The zero-order valence-electron chi connectivity index (χ0n) is 15.3. The molecule has 6 heteroatoms. The third-order valence-corrected chi connectivity index (χ3v) is 6.94. The fraction of sp³-hybridized carbons (Fsp3) is 0.381. The van der Waals surface area contributed by atoms with Crippen molar-refractivity contribution in [3.8, 4) is 10.6 Å². The second-order valence-electron chi connectivity index (χ2n) is 6.95. The minimum atomic E-state index is 0.248. The van der Waals surface area contributed by atoms with E-state index in [1.807, 2.05) is 23.6 Å². The van der Waals surface area contributed by atoms with Crippen LogP contribution in [0.1, 0.15) is 16.2 Å². The lowest BCUT2D eigenvalue weighted by molar-refractivity contribution is 0.0511. The number of thiazole rings is 1. The Labute approximate surface area is 168 Å². The molecular weight excluding hydrogens is 374 g/mol. The minimum absolute atomic E-state index is 0.248. The summed E-state index contributed by atoms with van der Waals surface area (Å²) in [6, 6.07) is 15.1. The molecular formula is C21H25N3OS2. The van der Waals surface area contributed by atoms with E-state index >= 15 is 0 Å². The molecule has 1 fully saturated rings. The number of piperazine rings is 1. The van der Waals surface area contributed by atoms with E-state index in [2.05, 4.69) is 56.6 Å². The van der Waals surface area contributed by atoms with E-state index < -0.39 is 0 Å². The Balaban J connectivity index is 1.38. The van der Waals surface area contributed by atoms with E-state index in [4.69, 9.17) is 0 Å². The van der Waals surface area contributed by atoms with Gasteiger partial charge >= 0.3 is 0 Å². The first-order chi connectivity index (χ1) is 13.3. The molecule has 0 radical (unpaired) electrons. The second kappa shape index (κ2) is 9.08. The molecule has 0 spiro atoms. The molecule has 1 aliphatic heterocycles. The van der Waals surface area contributed by atoms with Gasteiger partial charge in [-0.05, 0) is 17.9 Å². The number of aromatic nitrogens is 1. The maximum atomic E-state index is 9.52. The van der Waals surface area contributed by atoms with Gasteiger partial charge in [0, 0.05) is 66.9 Å². The van der Waals surface area contributed by atoms with E-state index in [-0.39, 0.29) is 6.61 Å². The average Bonchev–Trinajstić information content (AvgIpc) is 3.37. The maximum Gasteiger partial charge on any atom is 0.123 e. The Morgan fingerprint density at radius 2 is 1.93 bits per heavy atom. The molecule has 1 saturated heterocycles. The van der Waals surface area contributed by atoms with Gasteiger partial charge in [0.25, 0.3) is 0 Å². The van der Waals surface area contributed by atoms with Crippen molar-refractivity contribution < 1.29 is 5.11 Å². The summed E-state index contributed by atoms with van der Waals surface area (Å²) in [7, 11) is 0. The van der Waals surface area contributed by atoms with Gasteiger partial charge in [0.05, 0.1) is 0 Å². The molecule has 0 saturated carbocycles. The molecule has 4 rings (SSSR count). The predicted octanol–water partition coefficient (Wildman–Crippen LogP) is 3.94. The lowest BCUT2D eigenvalue weighted by Gasteiger charge is -2.41. The van der Waals surface area contributed by atoms with Crippen LogP contribution in [0, 0.1) is 0 Å². The van der Waals surface area contributed by atoms with Crippen molar-refractivity contribution in [3.05, 3.63) is 63.8 Å². The van der Waals surface area contributed by atoms with Crippen molar-refractivity contribution >= 4 is 22.7 Å². The number of thiophene rings is 1. The van der Waals surface area contributed by atoms with Crippen molar-refractivity contribution in [3.63, 3.8) is 0 Å². The molecule has 142 valence electrons. The van der Waals surface area contributed by atoms with Crippen molar-refractivity contribution in [1.29, 1.82) is 0 Å². The normalized spacial score (nSPS) is 18.8. The first-order valence-corrected chi connectivity index (χ1v) is 11.1. The van der Waals surface area contributed by atoms with Crippen molar-refractivity contribution in [2.45, 2.75) is 25.6 Å². The van der Waals surface area contributed by atoms with Gasteiger partial charge in [-0.15, -0.1) is 22.7 Å². The quantitative estimate of drug-likeness (QED) is 0.653. The Kier molecular flexibility index (Phi) is 6.32. The van der Waals surface area contributed by atoms with Gasteiger partial charge in [-0.2, -0.15) is 0 Å². The van der Waals surface area contributed by atoms with Crippen LogP contribution in [0.5, 0.6) is 0 Å². The van der Waals surface area contributed by atoms with Crippen LogP contribution in [0.4, 0.5) is 0 Å². The molecule has 1 atom stereocenters. The summed E-state index contributed by atoms with van der Waals surface area (Å²) >= 11 is 3.60. The van der Waals surface area contributed by atoms with Crippen LogP contribution in [-0.4, -0.2) is 52.2 Å². The highest BCUT2D eigenvalue weighted by Crippen LogP contribution is 2.27. The number of aliphatic hydroxyl groups excluding tert-OH is 1. The van der Waals surface area contributed by atoms with Crippen LogP contribution in [-0.2, 0) is 13.1 Å². The van der Waals surface area contributed by atoms with Gasteiger partial charge in [0.1, 0.15) is 5.01 Å². The highest BCUT2D eigenvalue weighted by atomic mass is 32.1. The molecule has 0 unspecified atom stereocenters. The first kappa shape index (κ1) is 18.8. The topological polar surface area (TPSA) is 39.6 Å². The molecule has 0 aliphatic carbocycles. The number of nitrogens with zero attached hydrogens (tertiary/aromatic N) is 3. The largest absolute Gasteiger partial charge is 0.396 e. The third kappa shape index (κ3) is 4.83. The fourth-order valence-electron chi connectivity index (χ4n) is 3.65. The third-order valence-electron chi connectivity index (χ3n) is 5.04. The van der Waals surface area contributed by atoms with E-state index in [0.717, 1.165) is 44.2 Å². The smallest absolute Gasteiger partial charge is 0.123 e. The van der Waals surface area contributed by atoms with Crippen LogP contribution in [0.25, 0.3) is 10.6 Å². The van der Waals surface area contributed by atoms with Gasteiger partial charge < -0.3 is 5.11 Å². The Morgan fingerprint density at radius 1 is 1.04 bits per heavy atom. The number of aliphatic hydroxyl groups is 1. The number of hydrogen-bond acceptors (Lipinski definition) is 6. The zero-order chi connectivity index (χ0) is 18.5. The molecule has 1 N–H and O–H groups in total. The van der Waals surface area contributed by atoms with Crippen LogP contribution in [0.15, 0.2) is 54.0 Å². The summed E-state index contributed by atoms with van der Waals surface area (Å²) in [6.07, 6.45) is 2.85. The summed E-state index contributed by atoms with van der Waals surface area (Å²) < 4.78 is 0. The van der Waals surface area contributed by atoms with Crippen LogP contribution >= 0.6 is 22.7 Å². The molecule has 4 nitrogen and oxygen atoms in total. The highest BCUT2D eigenvalue weighted by molar-refractivity contribution is 7.15. The van der Waals surface area contributed by atoms with Crippen molar-refractivity contribution in [2.24, 2.45) is 0 Å². The molecule has 0 bridgehead atoms. The van der Waals surface area contributed by atoms with Crippen LogP contribution < -0.4 is 0 Å². The van der Waals surface area contributed by atoms with Crippen LogP contribution in [0.2, 0.25) is 0 Å². The lowest BCUT2D eigenvalue weighted by Crippen LogP contribution is -2.52. The molecule has 1 aliphatic rings. The average molecular weight is 400 g/mol. The highest BCUT2D eigenvalue weighted by Gasteiger charge is 2.27. The van der Waals surface area contributed by atoms with E-state index in [0.29, 0.717) is 6.04 Å². The summed E-state index contributed by atoms with van der Waals surface area (Å²) in [5, 5.41) is 12.7. The maximum absolute atomic E-state index is 9.52. The minimum Gasteiger partial charge on any atom is -0.396 e. The number of rotatable bonds is 7. The summed E-state index contributed by atoms with van der Waals surface area (Å²) in [5.74, 6) is 0. The van der Waals surface area contributed by atoms with E-state index in [9.17, 15) is 5.11 Å². The standard InChI is InChI=1S/C21H25N3OS2/c25-11-8-18-14-23(9-10-24(18)16-19-7-4-12-26-19)15-20-13-22-21(27-20)17-5-2-1-3-6-17/h1-7,12-13,18,25H,8-11,14-16H2/t18-/m0/s1. The monoisotopic (exact) mass is 399 g/mol. The molecule has 3 heterocycles. The van der Waals surface area contributed by atoms with Gasteiger partial charge in [-0.25, -0.2) is 4.98 Å². The Hall–Kier alpha value is -1.57. The Bertz CT molecular complexity index is 819. The second-order valence-corrected chi connectivity index (χ2v) is 9.10. The SMILES string of the molecule is OCC[C@H]1CN(Cc2cnc(-c3ccccc3)s2)CCN1Cc1cccs1. The van der Waals surface area contributed by atoms with E-state index in [1.165, 1.54) is 15.3 Å². The molecule has 1 aromatic carbocycles. The predicted molar refractivity (Wildman–Crippen MR) is 113 cm³/mol. The lowest BCUT2D eigenvalue weighted by atomic mass is 10.1. The first-order valence-electron chi connectivity index (χ1n) is 9.41. The summed E-state index contributed by atoms with van der Waals surface area (Å²) in [4.78, 5) is 12.4. The van der Waals surface area contributed by atoms with Gasteiger partial charge in [0.15, 0.2) is 0 Å². The molecule has 0 amide bonds. The molecule has 3 aromatic rings. The van der Waals surface area contributed by atoms with Gasteiger partial charge in [0.2, 0.25) is 0 Å². The number of hydrogen-bond donors (Lipinski definition) is 1. The Morgan fingerprint density at radius 3 is 2.70 bits per heavy atom. The van der Waals surface area contributed by atoms with E-state index in [1.54, 1.807) is 11.3 Å². The molecule has 27 heavy (non-hydrogen) atoms.